The van der Waals surface area contributed by atoms with Crippen LogP contribution >= 0.6 is 0 Å². The minimum Gasteiger partial charge on any atom is -0.493 e. The van der Waals surface area contributed by atoms with Gasteiger partial charge in [-0.2, -0.15) is 0 Å². The summed E-state index contributed by atoms with van der Waals surface area (Å²) in [7, 11) is 1.65. The largest absolute Gasteiger partial charge is 0.493 e. The molecule has 0 amide bonds. The molecule has 0 aliphatic rings. The monoisotopic (exact) mass is 205 g/mol. The molecule has 0 bridgehead atoms. The molecule has 0 saturated carbocycles. The van der Waals surface area contributed by atoms with Crippen molar-refractivity contribution in [2.45, 2.75) is 13.3 Å². The van der Waals surface area contributed by atoms with Gasteiger partial charge in [0.2, 0.25) is 0 Å². The van der Waals surface area contributed by atoms with Gasteiger partial charge in [0.25, 0.3) is 0 Å². The van der Waals surface area contributed by atoms with E-state index in [1.165, 1.54) is 0 Å². The molecule has 0 radical (unpaired) electrons. The van der Waals surface area contributed by atoms with Gasteiger partial charge in [-0.3, -0.25) is 0 Å². The summed E-state index contributed by atoms with van der Waals surface area (Å²) < 4.78 is 7.30. The number of hydrogen-bond acceptors (Lipinski definition) is 3. The Bertz CT molecular complexity index is 476. The van der Waals surface area contributed by atoms with Crippen LogP contribution in [0.5, 0.6) is 5.75 Å². The summed E-state index contributed by atoms with van der Waals surface area (Å²) in [5.74, 6) is 0.795. The molecule has 0 unspecified atom stereocenters. The molecule has 0 saturated heterocycles. The van der Waals surface area contributed by atoms with E-state index in [0.717, 1.165) is 29.2 Å². The molecule has 4 heteroatoms. The summed E-state index contributed by atoms with van der Waals surface area (Å²) in [5, 5.41) is 0. The standard InChI is InChI=1S/C11H15N3O/c1-8-9(5-6-12)14-7-3-4-10(15-2)11(14)13-8/h3-4,7H,5-6,12H2,1-2H3. The first-order valence-electron chi connectivity index (χ1n) is 4.98. The van der Waals surface area contributed by atoms with Crippen LogP contribution in [0.1, 0.15) is 11.4 Å². The van der Waals surface area contributed by atoms with Gasteiger partial charge < -0.3 is 14.9 Å². The van der Waals surface area contributed by atoms with Gasteiger partial charge in [-0.1, -0.05) is 0 Å². The van der Waals surface area contributed by atoms with Crippen molar-refractivity contribution in [2.75, 3.05) is 13.7 Å². The lowest BCUT2D eigenvalue weighted by Gasteiger charge is -2.03. The van der Waals surface area contributed by atoms with Gasteiger partial charge >= 0.3 is 0 Å². The molecule has 0 fully saturated rings. The molecule has 80 valence electrons. The molecule has 0 aliphatic carbocycles. The van der Waals surface area contributed by atoms with E-state index in [4.69, 9.17) is 10.5 Å². The molecular formula is C11H15N3O. The predicted octanol–water partition coefficient (Wildman–Crippen LogP) is 1.15. The van der Waals surface area contributed by atoms with Gasteiger partial charge in [-0.15, -0.1) is 0 Å². The summed E-state index contributed by atoms with van der Waals surface area (Å²) >= 11 is 0. The van der Waals surface area contributed by atoms with Gasteiger partial charge in [0.1, 0.15) is 0 Å². The number of pyridine rings is 1. The van der Waals surface area contributed by atoms with Crippen molar-refractivity contribution in [1.29, 1.82) is 0 Å². The number of imidazole rings is 1. The first-order chi connectivity index (χ1) is 7.27. The van der Waals surface area contributed by atoms with Crippen molar-refractivity contribution in [1.82, 2.24) is 9.38 Å². The third-order valence-electron chi connectivity index (χ3n) is 2.51. The maximum atomic E-state index is 5.58. The Morgan fingerprint density at radius 2 is 2.33 bits per heavy atom. The summed E-state index contributed by atoms with van der Waals surface area (Å²) in [6.07, 6.45) is 2.82. The van der Waals surface area contributed by atoms with Crippen LogP contribution in [0, 0.1) is 6.92 Å². The van der Waals surface area contributed by atoms with E-state index in [1.807, 2.05) is 29.7 Å². The topological polar surface area (TPSA) is 52.5 Å². The third-order valence-corrected chi connectivity index (χ3v) is 2.51. The zero-order valence-electron chi connectivity index (χ0n) is 9.03. The molecule has 2 aromatic rings. The Balaban J connectivity index is 2.67. The number of methoxy groups -OCH3 is 1. The minimum absolute atomic E-state index is 0.631. The van der Waals surface area contributed by atoms with Crippen LogP contribution in [0.15, 0.2) is 18.3 Å². The molecular weight excluding hydrogens is 190 g/mol. The Hall–Kier alpha value is -1.55. The molecule has 2 aromatic heterocycles. The smallest absolute Gasteiger partial charge is 0.180 e. The maximum absolute atomic E-state index is 5.58. The third kappa shape index (κ3) is 1.57. The van der Waals surface area contributed by atoms with E-state index in [1.54, 1.807) is 7.11 Å². The quantitative estimate of drug-likeness (QED) is 0.817. The highest BCUT2D eigenvalue weighted by molar-refractivity contribution is 5.56. The van der Waals surface area contributed by atoms with Gasteiger partial charge in [0.15, 0.2) is 11.4 Å². The van der Waals surface area contributed by atoms with Gasteiger partial charge in [0, 0.05) is 18.3 Å². The number of nitrogens with two attached hydrogens (primary N) is 1. The highest BCUT2D eigenvalue weighted by Crippen LogP contribution is 2.21. The van der Waals surface area contributed by atoms with Crippen LogP contribution in [-0.2, 0) is 6.42 Å². The molecule has 0 aliphatic heterocycles. The molecule has 4 nitrogen and oxygen atoms in total. The fourth-order valence-corrected chi connectivity index (χ4v) is 1.80. The predicted molar refractivity (Wildman–Crippen MR) is 59.2 cm³/mol. The SMILES string of the molecule is COc1cccn2c(CCN)c(C)nc12. The molecule has 0 atom stereocenters. The highest BCUT2D eigenvalue weighted by Gasteiger charge is 2.10. The van der Waals surface area contributed by atoms with E-state index in [0.29, 0.717) is 6.54 Å². The van der Waals surface area contributed by atoms with Crippen LogP contribution in [0.2, 0.25) is 0 Å². The lowest BCUT2D eigenvalue weighted by atomic mass is 10.2. The summed E-state index contributed by atoms with van der Waals surface area (Å²) in [5.41, 5.74) is 8.62. The van der Waals surface area contributed by atoms with Gasteiger partial charge in [0.05, 0.1) is 12.8 Å². The second-order valence-electron chi connectivity index (χ2n) is 3.45. The van der Waals surface area contributed by atoms with Crippen molar-refractivity contribution in [3.63, 3.8) is 0 Å². The van der Waals surface area contributed by atoms with Crippen LogP contribution in [0.3, 0.4) is 0 Å². The average molecular weight is 205 g/mol. The zero-order valence-corrected chi connectivity index (χ0v) is 9.03. The summed E-state index contributed by atoms with van der Waals surface area (Å²) in [6, 6.07) is 3.86. The Kier molecular flexibility index (Phi) is 2.60. The van der Waals surface area contributed by atoms with E-state index >= 15 is 0 Å². The molecule has 0 spiro atoms. The highest BCUT2D eigenvalue weighted by atomic mass is 16.5. The first-order valence-corrected chi connectivity index (χ1v) is 4.98. The van der Waals surface area contributed by atoms with Crippen LogP contribution in [0.4, 0.5) is 0 Å². The first kappa shape index (κ1) is 9.98. The Labute approximate surface area is 88.7 Å². The van der Waals surface area contributed by atoms with Crippen molar-refractivity contribution in [3.05, 3.63) is 29.7 Å². The van der Waals surface area contributed by atoms with Gasteiger partial charge in [-0.05, 0) is 25.6 Å². The average Bonchev–Trinajstić information content (AvgIpc) is 2.56. The number of rotatable bonds is 3. The molecule has 15 heavy (non-hydrogen) atoms. The summed E-state index contributed by atoms with van der Waals surface area (Å²) in [4.78, 5) is 4.48. The lowest BCUT2D eigenvalue weighted by Crippen LogP contribution is -2.06. The van der Waals surface area contributed by atoms with Crippen molar-refractivity contribution in [2.24, 2.45) is 5.73 Å². The number of hydrogen-bond donors (Lipinski definition) is 1. The molecule has 0 aromatic carbocycles. The van der Waals surface area contributed by atoms with E-state index in [-0.39, 0.29) is 0 Å². The van der Waals surface area contributed by atoms with E-state index in [2.05, 4.69) is 4.98 Å². The lowest BCUT2D eigenvalue weighted by molar-refractivity contribution is 0.417. The molecule has 2 rings (SSSR count). The fraction of sp³-hybridized carbons (Fsp3) is 0.364. The van der Waals surface area contributed by atoms with Crippen LogP contribution in [-0.4, -0.2) is 23.0 Å². The van der Waals surface area contributed by atoms with E-state index in [9.17, 15) is 0 Å². The fourth-order valence-electron chi connectivity index (χ4n) is 1.80. The number of aromatic nitrogens is 2. The normalized spacial score (nSPS) is 10.9. The van der Waals surface area contributed by atoms with E-state index < -0.39 is 0 Å². The maximum Gasteiger partial charge on any atom is 0.180 e. The Morgan fingerprint density at radius 3 is 3.00 bits per heavy atom. The molecule has 2 heterocycles. The number of ether oxygens (including phenoxy) is 1. The summed E-state index contributed by atoms with van der Waals surface area (Å²) in [6.45, 7) is 2.63. The second-order valence-corrected chi connectivity index (χ2v) is 3.45. The number of nitrogens with zero attached hydrogens (tertiary/aromatic N) is 2. The van der Waals surface area contributed by atoms with Crippen LogP contribution < -0.4 is 10.5 Å². The minimum atomic E-state index is 0.631. The van der Waals surface area contributed by atoms with Crippen molar-refractivity contribution < 1.29 is 4.74 Å². The molecule has 2 N–H and O–H groups in total. The second kappa shape index (κ2) is 3.90. The van der Waals surface area contributed by atoms with Crippen molar-refractivity contribution >= 4 is 5.65 Å². The number of fused-ring (bicyclic) bond motifs is 1. The van der Waals surface area contributed by atoms with Crippen molar-refractivity contribution in [3.8, 4) is 5.75 Å². The van der Waals surface area contributed by atoms with Crippen LogP contribution in [0.25, 0.3) is 5.65 Å². The zero-order chi connectivity index (χ0) is 10.8. The number of aryl methyl sites for hydroxylation is 1. The van der Waals surface area contributed by atoms with Gasteiger partial charge in [-0.25, -0.2) is 4.98 Å². The Morgan fingerprint density at radius 1 is 1.53 bits per heavy atom.